The minimum Gasteiger partial charge on any atom is -0.459 e. The van der Waals surface area contributed by atoms with Crippen LogP contribution in [0.1, 0.15) is 71.2 Å². The molecule has 5 heteroatoms. The van der Waals surface area contributed by atoms with Crippen LogP contribution in [0.2, 0.25) is 0 Å². The molecular formula is C25H34N2O3. The van der Waals surface area contributed by atoms with Crippen molar-refractivity contribution < 1.29 is 14.3 Å². The van der Waals surface area contributed by atoms with E-state index in [1.165, 1.54) is 6.42 Å². The predicted molar refractivity (Wildman–Crippen MR) is 118 cm³/mol. The summed E-state index contributed by atoms with van der Waals surface area (Å²) in [5.41, 5.74) is 1.68. The van der Waals surface area contributed by atoms with Crippen LogP contribution in [-0.4, -0.2) is 39.5 Å². The number of hydrogen-bond donors (Lipinski definition) is 0. The third-order valence-corrected chi connectivity index (χ3v) is 6.41. The number of likely N-dealkylation sites (tertiary alicyclic amines) is 1. The van der Waals surface area contributed by atoms with Crippen molar-refractivity contribution in [3.05, 3.63) is 36.0 Å². The minimum atomic E-state index is -0.501. The summed E-state index contributed by atoms with van der Waals surface area (Å²) in [6.45, 7) is 13.6. The molecule has 2 unspecified atom stereocenters. The Labute approximate surface area is 179 Å². The quantitative estimate of drug-likeness (QED) is 0.667. The number of nitrogens with zero attached hydrogens (tertiary/aromatic N) is 2. The van der Waals surface area contributed by atoms with Crippen molar-refractivity contribution in [1.82, 2.24) is 9.47 Å². The predicted octanol–water partition coefficient (Wildman–Crippen LogP) is 5.02. The van der Waals surface area contributed by atoms with Crippen LogP contribution < -0.4 is 0 Å². The first-order valence-corrected chi connectivity index (χ1v) is 11.0. The molecule has 1 aromatic heterocycles. The molecule has 2 aliphatic rings. The van der Waals surface area contributed by atoms with Crippen LogP contribution in [0.4, 0.5) is 0 Å². The summed E-state index contributed by atoms with van der Waals surface area (Å²) in [5, 5.41) is 0.970. The van der Waals surface area contributed by atoms with Crippen molar-refractivity contribution in [2.75, 3.05) is 6.54 Å². The third kappa shape index (κ3) is 4.12. The number of ether oxygens (including phenoxy) is 1. The number of carbonyl (C=O) groups is 2. The highest BCUT2D eigenvalue weighted by atomic mass is 16.6. The van der Waals surface area contributed by atoms with Crippen molar-refractivity contribution >= 4 is 22.8 Å². The molecule has 0 spiro atoms. The summed E-state index contributed by atoms with van der Waals surface area (Å²) in [5.74, 6) is -0.136. The van der Waals surface area contributed by atoms with Crippen LogP contribution in [0.25, 0.3) is 10.9 Å². The molecule has 4 rings (SSSR count). The molecule has 5 nitrogen and oxygen atoms in total. The van der Waals surface area contributed by atoms with Crippen LogP contribution in [0, 0.1) is 10.8 Å². The lowest BCUT2D eigenvalue weighted by Crippen LogP contribution is -2.37. The molecule has 2 aromatic rings. The number of esters is 1. The van der Waals surface area contributed by atoms with Crippen LogP contribution in [0.15, 0.2) is 30.5 Å². The lowest BCUT2D eigenvalue weighted by molar-refractivity contribution is -0.155. The minimum absolute atomic E-state index is 0.128. The van der Waals surface area contributed by atoms with E-state index in [1.54, 1.807) is 0 Å². The fourth-order valence-electron chi connectivity index (χ4n) is 5.85. The Morgan fingerprint density at radius 2 is 1.87 bits per heavy atom. The number of carbonyl (C=O) groups excluding carboxylic acids is 2. The molecule has 1 aliphatic heterocycles. The molecule has 162 valence electrons. The molecule has 1 amide bonds. The summed E-state index contributed by atoms with van der Waals surface area (Å²) >= 11 is 0. The Bertz CT molecular complexity index is 997. The van der Waals surface area contributed by atoms with Gasteiger partial charge in [-0.15, -0.1) is 0 Å². The molecule has 2 heterocycles. The summed E-state index contributed by atoms with van der Waals surface area (Å²) in [7, 11) is 0. The molecule has 2 fully saturated rings. The van der Waals surface area contributed by atoms with Crippen LogP contribution in [0.5, 0.6) is 0 Å². The number of amides is 1. The lowest BCUT2D eigenvalue weighted by atomic mass is 9.65. The molecule has 30 heavy (non-hydrogen) atoms. The normalized spacial score (nSPS) is 25.5. The average molecular weight is 411 g/mol. The second kappa shape index (κ2) is 6.86. The van der Waals surface area contributed by atoms with E-state index in [-0.39, 0.29) is 29.3 Å². The summed E-state index contributed by atoms with van der Waals surface area (Å²) in [6, 6.07) is 8.09. The van der Waals surface area contributed by atoms with Crippen molar-refractivity contribution in [2.24, 2.45) is 10.8 Å². The molecule has 2 bridgehead atoms. The average Bonchev–Trinajstić information content (AvgIpc) is 3.09. The van der Waals surface area contributed by atoms with E-state index in [0.29, 0.717) is 6.04 Å². The van der Waals surface area contributed by atoms with E-state index in [4.69, 9.17) is 4.74 Å². The Morgan fingerprint density at radius 1 is 1.13 bits per heavy atom. The van der Waals surface area contributed by atoms with E-state index < -0.39 is 5.60 Å². The maximum atomic E-state index is 13.4. The highest BCUT2D eigenvalue weighted by Gasteiger charge is 2.51. The zero-order valence-electron chi connectivity index (χ0n) is 19.1. The molecule has 1 aliphatic carbocycles. The molecule has 0 N–H and O–H groups in total. The topological polar surface area (TPSA) is 51.5 Å². The van der Waals surface area contributed by atoms with E-state index in [2.05, 4.69) is 25.7 Å². The fourth-order valence-corrected chi connectivity index (χ4v) is 5.85. The SMILES string of the molecule is CC1(C)CC2CC(C)(CN2C(=O)c2ccc3c(ccn3CC(=O)OC(C)(C)C)c2)C1. The van der Waals surface area contributed by atoms with Crippen LogP contribution >= 0.6 is 0 Å². The molecule has 1 aromatic carbocycles. The first-order chi connectivity index (χ1) is 13.8. The van der Waals surface area contributed by atoms with Gasteiger partial charge in [0.1, 0.15) is 12.1 Å². The number of aromatic nitrogens is 1. The highest BCUT2D eigenvalue weighted by Crippen LogP contribution is 2.52. The Balaban J connectivity index is 1.54. The Kier molecular flexibility index (Phi) is 4.79. The van der Waals surface area contributed by atoms with Gasteiger partial charge in [0, 0.05) is 35.2 Å². The van der Waals surface area contributed by atoms with Crippen LogP contribution in [-0.2, 0) is 16.1 Å². The molecule has 2 atom stereocenters. The van der Waals surface area contributed by atoms with Gasteiger partial charge in [-0.05, 0) is 75.1 Å². The Morgan fingerprint density at radius 3 is 2.57 bits per heavy atom. The number of fused-ring (bicyclic) bond motifs is 3. The zero-order valence-corrected chi connectivity index (χ0v) is 19.1. The molecule has 1 saturated carbocycles. The standard InChI is InChI=1S/C25H34N2O3/c1-23(2,3)30-21(28)14-26-10-9-17-11-18(7-8-20(17)26)22(29)27-16-25(6)13-19(27)12-24(4,5)15-25/h7-11,19H,12-16H2,1-6H3. The van der Waals surface area contributed by atoms with Gasteiger partial charge >= 0.3 is 5.97 Å². The van der Waals surface area contributed by atoms with Gasteiger partial charge in [-0.2, -0.15) is 0 Å². The highest BCUT2D eigenvalue weighted by molar-refractivity contribution is 5.98. The van der Waals surface area contributed by atoms with Gasteiger partial charge in [-0.25, -0.2) is 0 Å². The van der Waals surface area contributed by atoms with Crippen molar-refractivity contribution in [1.29, 1.82) is 0 Å². The van der Waals surface area contributed by atoms with E-state index in [9.17, 15) is 9.59 Å². The lowest BCUT2D eigenvalue weighted by Gasteiger charge is -2.39. The van der Waals surface area contributed by atoms with Crippen molar-refractivity contribution in [3.8, 4) is 0 Å². The summed E-state index contributed by atoms with van der Waals surface area (Å²) in [4.78, 5) is 27.7. The van der Waals surface area contributed by atoms with Gasteiger partial charge in [-0.1, -0.05) is 20.8 Å². The van der Waals surface area contributed by atoms with Gasteiger partial charge in [-0.3, -0.25) is 9.59 Å². The maximum absolute atomic E-state index is 13.4. The van der Waals surface area contributed by atoms with Crippen LogP contribution in [0.3, 0.4) is 0 Å². The number of hydrogen-bond acceptors (Lipinski definition) is 3. The second-order valence-corrected chi connectivity index (χ2v) is 11.5. The van der Waals surface area contributed by atoms with E-state index in [1.807, 2.05) is 55.8 Å². The zero-order chi connectivity index (χ0) is 21.9. The summed E-state index contributed by atoms with van der Waals surface area (Å²) < 4.78 is 7.31. The molecule has 0 radical (unpaired) electrons. The largest absolute Gasteiger partial charge is 0.459 e. The third-order valence-electron chi connectivity index (χ3n) is 6.41. The Hall–Kier alpha value is -2.30. The first kappa shape index (κ1) is 21.0. The second-order valence-electron chi connectivity index (χ2n) is 11.5. The number of benzene rings is 1. The van der Waals surface area contributed by atoms with Gasteiger partial charge in [0.25, 0.3) is 5.91 Å². The monoisotopic (exact) mass is 410 g/mol. The summed E-state index contributed by atoms with van der Waals surface area (Å²) in [6.07, 6.45) is 5.24. The number of rotatable bonds is 3. The van der Waals surface area contributed by atoms with Gasteiger partial charge in [0.2, 0.25) is 0 Å². The van der Waals surface area contributed by atoms with Gasteiger partial charge in [0.05, 0.1) is 0 Å². The van der Waals surface area contributed by atoms with Crippen molar-refractivity contribution in [2.45, 2.75) is 79.0 Å². The van der Waals surface area contributed by atoms with E-state index >= 15 is 0 Å². The first-order valence-electron chi connectivity index (χ1n) is 11.0. The molecule has 1 saturated heterocycles. The maximum Gasteiger partial charge on any atom is 0.326 e. The van der Waals surface area contributed by atoms with Gasteiger partial charge < -0.3 is 14.2 Å². The molecular weight excluding hydrogens is 376 g/mol. The smallest absolute Gasteiger partial charge is 0.326 e. The van der Waals surface area contributed by atoms with E-state index in [0.717, 1.165) is 35.9 Å². The van der Waals surface area contributed by atoms with Gasteiger partial charge in [0.15, 0.2) is 0 Å². The van der Waals surface area contributed by atoms with Crippen molar-refractivity contribution in [3.63, 3.8) is 0 Å². The fraction of sp³-hybridized carbons (Fsp3) is 0.600.